The summed E-state index contributed by atoms with van der Waals surface area (Å²) in [5, 5.41) is 1.14. The number of fused-ring (bicyclic) bond motifs is 1. The maximum absolute atomic E-state index is 14.3. The fourth-order valence-electron chi connectivity index (χ4n) is 3.64. The SMILES string of the molecule is Cc1ccc2c(Cl)c(C(=O)N(Cc3ccccc3F)[C@@H]3CCS(=O)(=O)C3)sc2c1. The molecule has 1 aromatic heterocycles. The molecule has 2 heterocycles. The van der Waals surface area contributed by atoms with Crippen LogP contribution < -0.4 is 0 Å². The molecule has 0 aliphatic carbocycles. The zero-order valence-corrected chi connectivity index (χ0v) is 18.1. The van der Waals surface area contributed by atoms with E-state index in [0.29, 0.717) is 21.9 Å². The minimum Gasteiger partial charge on any atom is -0.329 e. The van der Waals surface area contributed by atoms with Gasteiger partial charge in [-0.2, -0.15) is 0 Å². The number of carbonyl (C=O) groups is 1. The second-order valence-corrected chi connectivity index (χ2v) is 11.0. The van der Waals surface area contributed by atoms with Gasteiger partial charge in [0.05, 0.1) is 16.5 Å². The fourth-order valence-corrected chi connectivity index (χ4v) is 6.94. The molecule has 3 aromatic rings. The lowest BCUT2D eigenvalue weighted by Crippen LogP contribution is -2.40. The number of nitrogens with zero attached hydrogens (tertiary/aromatic N) is 1. The van der Waals surface area contributed by atoms with Gasteiger partial charge in [0.2, 0.25) is 0 Å². The molecule has 1 aliphatic heterocycles. The number of thiophene rings is 1. The molecule has 1 amide bonds. The lowest BCUT2D eigenvalue weighted by Gasteiger charge is -2.28. The van der Waals surface area contributed by atoms with Crippen molar-refractivity contribution in [2.45, 2.75) is 25.9 Å². The molecule has 0 saturated carbocycles. The predicted molar refractivity (Wildman–Crippen MR) is 115 cm³/mol. The van der Waals surface area contributed by atoms with Crippen molar-refractivity contribution < 1.29 is 17.6 Å². The van der Waals surface area contributed by atoms with Gasteiger partial charge < -0.3 is 4.90 Å². The van der Waals surface area contributed by atoms with Crippen molar-refractivity contribution >= 4 is 48.8 Å². The van der Waals surface area contributed by atoms with E-state index in [2.05, 4.69) is 0 Å². The summed E-state index contributed by atoms with van der Waals surface area (Å²) in [6, 6.07) is 11.5. The molecular formula is C21H19ClFNO3S2. The average molecular weight is 452 g/mol. The zero-order chi connectivity index (χ0) is 20.8. The van der Waals surface area contributed by atoms with E-state index in [1.165, 1.54) is 22.3 Å². The fraction of sp³-hybridized carbons (Fsp3) is 0.286. The van der Waals surface area contributed by atoms with Crippen LogP contribution in [0.15, 0.2) is 42.5 Å². The first-order valence-corrected chi connectivity index (χ1v) is 12.2. The summed E-state index contributed by atoms with van der Waals surface area (Å²) in [5.41, 5.74) is 1.40. The molecule has 1 aliphatic rings. The number of rotatable bonds is 4. The summed E-state index contributed by atoms with van der Waals surface area (Å²) < 4.78 is 39.2. The largest absolute Gasteiger partial charge is 0.329 e. The van der Waals surface area contributed by atoms with E-state index in [1.807, 2.05) is 25.1 Å². The third-order valence-electron chi connectivity index (χ3n) is 5.19. The van der Waals surface area contributed by atoms with Gasteiger partial charge in [-0.05, 0) is 31.0 Å². The average Bonchev–Trinajstić information content (AvgIpc) is 3.19. The second kappa shape index (κ2) is 7.70. The normalized spacial score (nSPS) is 18.2. The number of hydrogen-bond acceptors (Lipinski definition) is 4. The minimum absolute atomic E-state index is 0.00467. The van der Waals surface area contributed by atoms with Crippen LogP contribution in [0.3, 0.4) is 0 Å². The van der Waals surface area contributed by atoms with E-state index in [1.54, 1.807) is 18.2 Å². The Morgan fingerprint density at radius 3 is 2.72 bits per heavy atom. The van der Waals surface area contributed by atoms with Gasteiger partial charge in [-0.1, -0.05) is 41.9 Å². The molecule has 4 nitrogen and oxygen atoms in total. The van der Waals surface area contributed by atoms with Crippen LogP contribution in [0, 0.1) is 12.7 Å². The lowest BCUT2D eigenvalue weighted by atomic mass is 10.1. The zero-order valence-electron chi connectivity index (χ0n) is 15.7. The van der Waals surface area contributed by atoms with E-state index in [0.717, 1.165) is 15.6 Å². The van der Waals surface area contributed by atoms with Crippen LogP contribution in [-0.2, 0) is 16.4 Å². The summed E-state index contributed by atoms with van der Waals surface area (Å²) in [5.74, 6) is -0.879. The molecule has 0 radical (unpaired) electrons. The number of sulfone groups is 1. The molecule has 152 valence electrons. The van der Waals surface area contributed by atoms with Crippen molar-refractivity contribution in [3.8, 4) is 0 Å². The molecule has 2 aromatic carbocycles. The van der Waals surface area contributed by atoms with Gasteiger partial charge in [0.15, 0.2) is 9.84 Å². The van der Waals surface area contributed by atoms with Crippen molar-refractivity contribution in [2.75, 3.05) is 11.5 Å². The number of hydrogen-bond donors (Lipinski definition) is 0. The molecule has 29 heavy (non-hydrogen) atoms. The number of amides is 1. The maximum atomic E-state index is 14.3. The summed E-state index contributed by atoms with van der Waals surface area (Å²) in [6.45, 7) is 1.96. The van der Waals surface area contributed by atoms with Crippen molar-refractivity contribution in [3.05, 3.63) is 69.3 Å². The van der Waals surface area contributed by atoms with Crippen molar-refractivity contribution in [2.24, 2.45) is 0 Å². The van der Waals surface area contributed by atoms with Gasteiger partial charge in [0.1, 0.15) is 10.7 Å². The Kier molecular flexibility index (Phi) is 5.40. The Morgan fingerprint density at radius 2 is 2.03 bits per heavy atom. The molecule has 0 spiro atoms. The first-order valence-electron chi connectivity index (χ1n) is 9.18. The van der Waals surface area contributed by atoms with Crippen LogP contribution in [0.1, 0.15) is 27.2 Å². The summed E-state index contributed by atoms with van der Waals surface area (Å²) in [4.78, 5) is 15.3. The van der Waals surface area contributed by atoms with Crippen LogP contribution in [0.2, 0.25) is 5.02 Å². The Labute approximate surface area is 177 Å². The standard InChI is InChI=1S/C21H19ClFNO3S2/c1-13-6-7-16-18(10-13)28-20(19(16)22)21(25)24(15-8-9-29(26,27)12-15)11-14-4-2-3-5-17(14)23/h2-7,10,15H,8-9,11-12H2,1H3/t15-/m1/s1. The predicted octanol–water partition coefficient (Wildman–Crippen LogP) is 4.83. The van der Waals surface area contributed by atoms with Gasteiger partial charge in [0, 0.05) is 28.2 Å². The smallest absolute Gasteiger partial charge is 0.266 e. The highest BCUT2D eigenvalue weighted by molar-refractivity contribution is 7.91. The Bertz CT molecular complexity index is 1210. The van der Waals surface area contributed by atoms with Crippen LogP contribution in [0.5, 0.6) is 0 Å². The van der Waals surface area contributed by atoms with Gasteiger partial charge in [-0.25, -0.2) is 12.8 Å². The minimum atomic E-state index is -3.22. The first-order chi connectivity index (χ1) is 13.7. The summed E-state index contributed by atoms with van der Waals surface area (Å²) >= 11 is 7.80. The van der Waals surface area contributed by atoms with Crippen molar-refractivity contribution in [1.82, 2.24) is 4.90 Å². The van der Waals surface area contributed by atoms with E-state index in [4.69, 9.17) is 11.6 Å². The van der Waals surface area contributed by atoms with Crippen LogP contribution >= 0.6 is 22.9 Å². The molecule has 0 N–H and O–H groups in total. The topological polar surface area (TPSA) is 54.5 Å². The van der Waals surface area contributed by atoms with Crippen molar-refractivity contribution in [1.29, 1.82) is 0 Å². The quantitative estimate of drug-likeness (QED) is 0.570. The van der Waals surface area contributed by atoms with Crippen molar-refractivity contribution in [3.63, 3.8) is 0 Å². The highest BCUT2D eigenvalue weighted by atomic mass is 35.5. The highest BCUT2D eigenvalue weighted by Gasteiger charge is 2.36. The molecule has 0 unspecified atom stereocenters. The number of aryl methyl sites for hydroxylation is 1. The number of carbonyl (C=O) groups excluding carboxylic acids is 1. The summed E-state index contributed by atoms with van der Waals surface area (Å²) in [6.07, 6.45) is 0.337. The molecule has 8 heteroatoms. The van der Waals surface area contributed by atoms with Crippen LogP contribution in [0.4, 0.5) is 4.39 Å². The molecule has 1 atom stereocenters. The Balaban J connectivity index is 1.75. The molecule has 1 fully saturated rings. The maximum Gasteiger partial charge on any atom is 0.266 e. The van der Waals surface area contributed by atoms with E-state index >= 15 is 0 Å². The lowest BCUT2D eigenvalue weighted by molar-refractivity contribution is 0.0684. The van der Waals surface area contributed by atoms with Gasteiger partial charge >= 0.3 is 0 Å². The van der Waals surface area contributed by atoms with E-state index in [9.17, 15) is 17.6 Å². The molecule has 4 rings (SSSR count). The molecule has 1 saturated heterocycles. The first kappa shape index (κ1) is 20.3. The summed E-state index contributed by atoms with van der Waals surface area (Å²) in [7, 11) is -3.22. The van der Waals surface area contributed by atoms with Crippen LogP contribution in [0.25, 0.3) is 10.1 Å². The number of benzene rings is 2. The third kappa shape index (κ3) is 4.04. The second-order valence-electron chi connectivity index (χ2n) is 7.33. The van der Waals surface area contributed by atoms with E-state index in [-0.39, 0.29) is 24.0 Å². The highest BCUT2D eigenvalue weighted by Crippen LogP contribution is 2.37. The van der Waals surface area contributed by atoms with E-state index < -0.39 is 21.7 Å². The Hall–Kier alpha value is -1.96. The molecule has 0 bridgehead atoms. The monoisotopic (exact) mass is 451 g/mol. The van der Waals surface area contributed by atoms with Gasteiger partial charge in [-0.3, -0.25) is 4.79 Å². The third-order valence-corrected chi connectivity index (χ3v) is 8.58. The molecular weight excluding hydrogens is 433 g/mol. The van der Waals surface area contributed by atoms with Gasteiger partial charge in [-0.15, -0.1) is 11.3 Å². The Morgan fingerprint density at radius 1 is 1.28 bits per heavy atom. The number of halogens is 2. The van der Waals surface area contributed by atoms with Gasteiger partial charge in [0.25, 0.3) is 5.91 Å². The van der Waals surface area contributed by atoms with Crippen LogP contribution in [-0.4, -0.2) is 36.8 Å².